The van der Waals surface area contributed by atoms with E-state index in [1.54, 1.807) is 0 Å². The van der Waals surface area contributed by atoms with Gasteiger partial charge in [-0.25, -0.2) is 0 Å². The molecule has 0 amide bonds. The van der Waals surface area contributed by atoms with Crippen molar-refractivity contribution in [1.82, 2.24) is 4.98 Å². The molecular weight excluding hydrogens is 244 g/mol. The molecule has 18 heavy (non-hydrogen) atoms. The number of fused-ring (bicyclic) bond motifs is 1. The zero-order chi connectivity index (χ0) is 12.4. The monoisotopic (exact) mass is 260 g/mol. The van der Waals surface area contributed by atoms with Crippen molar-refractivity contribution < 1.29 is 0 Å². The number of hydrogen-bond donors (Lipinski definition) is 0. The Bertz CT molecular complexity index is 545. The normalized spacial score (nSPS) is 16.8. The number of halogens is 1. The van der Waals surface area contributed by atoms with E-state index in [4.69, 9.17) is 11.6 Å². The van der Waals surface area contributed by atoms with Gasteiger partial charge in [0.1, 0.15) is 0 Å². The van der Waals surface area contributed by atoms with Gasteiger partial charge in [0.2, 0.25) is 0 Å². The van der Waals surface area contributed by atoms with E-state index in [0.717, 1.165) is 23.6 Å². The third-order valence-electron chi connectivity index (χ3n) is 3.63. The second-order valence-electron chi connectivity index (χ2n) is 4.89. The summed E-state index contributed by atoms with van der Waals surface area (Å²) in [6.45, 7) is 2.29. The first-order valence-corrected chi connectivity index (χ1v) is 7.01. The fourth-order valence-electron chi connectivity index (χ4n) is 2.69. The van der Waals surface area contributed by atoms with E-state index in [1.807, 2.05) is 24.4 Å². The fourth-order valence-corrected chi connectivity index (χ4v) is 2.86. The van der Waals surface area contributed by atoms with Gasteiger partial charge < -0.3 is 4.90 Å². The predicted octanol–water partition coefficient (Wildman–Crippen LogP) is 4.27. The Balaban J connectivity index is 2.06. The van der Waals surface area contributed by atoms with Gasteiger partial charge >= 0.3 is 0 Å². The highest BCUT2D eigenvalue weighted by Gasteiger charge is 2.13. The molecule has 94 valence electrons. The predicted molar refractivity (Wildman–Crippen MR) is 77.4 cm³/mol. The van der Waals surface area contributed by atoms with Crippen LogP contribution in [-0.4, -0.2) is 18.1 Å². The van der Waals surface area contributed by atoms with E-state index >= 15 is 0 Å². The molecule has 2 nitrogen and oxygen atoms in total. The lowest BCUT2D eigenvalue weighted by Crippen LogP contribution is -2.24. The van der Waals surface area contributed by atoms with Gasteiger partial charge in [-0.15, -0.1) is 0 Å². The first-order valence-electron chi connectivity index (χ1n) is 6.64. The Kier molecular flexibility index (Phi) is 3.37. The lowest BCUT2D eigenvalue weighted by Gasteiger charge is -2.24. The molecule has 3 rings (SSSR count). The molecule has 0 radical (unpaired) electrons. The average molecular weight is 261 g/mol. The van der Waals surface area contributed by atoms with Crippen LogP contribution < -0.4 is 4.90 Å². The summed E-state index contributed by atoms with van der Waals surface area (Å²) in [4.78, 5) is 6.90. The van der Waals surface area contributed by atoms with Crippen LogP contribution in [0.15, 0.2) is 30.5 Å². The van der Waals surface area contributed by atoms with Gasteiger partial charge in [0.25, 0.3) is 0 Å². The van der Waals surface area contributed by atoms with Gasteiger partial charge in [-0.3, -0.25) is 4.98 Å². The number of nitrogens with zero attached hydrogens (tertiary/aromatic N) is 2. The lowest BCUT2D eigenvalue weighted by molar-refractivity contribution is 0.726. The standard InChI is InChI=1S/C15H17ClN2/c16-12-5-6-14-13(11-12)15(7-8-17-14)18-9-3-1-2-4-10-18/h5-8,11H,1-4,9-10H2. The fraction of sp³-hybridized carbons (Fsp3) is 0.400. The number of anilines is 1. The molecule has 0 aliphatic carbocycles. The number of aromatic nitrogens is 1. The van der Waals surface area contributed by atoms with Gasteiger partial charge in [-0.05, 0) is 37.1 Å². The summed E-state index contributed by atoms with van der Waals surface area (Å²) < 4.78 is 0. The van der Waals surface area contributed by atoms with Crippen molar-refractivity contribution in [3.05, 3.63) is 35.5 Å². The topological polar surface area (TPSA) is 16.1 Å². The molecule has 0 bridgehead atoms. The molecule has 2 heterocycles. The minimum atomic E-state index is 0.784. The van der Waals surface area contributed by atoms with Crippen molar-refractivity contribution in [2.24, 2.45) is 0 Å². The maximum Gasteiger partial charge on any atom is 0.0723 e. The number of benzene rings is 1. The summed E-state index contributed by atoms with van der Waals surface area (Å²) in [6, 6.07) is 8.05. The molecule has 1 fully saturated rings. The maximum absolute atomic E-state index is 6.12. The van der Waals surface area contributed by atoms with Gasteiger partial charge in [-0.2, -0.15) is 0 Å². The molecular formula is C15H17ClN2. The Morgan fingerprint density at radius 1 is 1.00 bits per heavy atom. The molecule has 0 unspecified atom stereocenters. The molecule has 0 atom stereocenters. The molecule has 1 aromatic heterocycles. The van der Waals surface area contributed by atoms with Gasteiger partial charge in [0.05, 0.1) is 5.52 Å². The number of hydrogen-bond acceptors (Lipinski definition) is 2. The molecule has 2 aromatic rings. The molecule has 0 N–H and O–H groups in total. The van der Waals surface area contributed by atoms with Crippen molar-refractivity contribution in [1.29, 1.82) is 0 Å². The quantitative estimate of drug-likeness (QED) is 0.761. The largest absolute Gasteiger partial charge is 0.371 e. The summed E-state index contributed by atoms with van der Waals surface area (Å²) in [5.74, 6) is 0. The Morgan fingerprint density at radius 3 is 2.56 bits per heavy atom. The first-order chi connectivity index (χ1) is 8.84. The number of pyridine rings is 1. The highest BCUT2D eigenvalue weighted by Crippen LogP contribution is 2.29. The Labute approximate surface area is 113 Å². The Hall–Kier alpha value is -1.28. The van der Waals surface area contributed by atoms with Crippen molar-refractivity contribution in [3.63, 3.8) is 0 Å². The third-order valence-corrected chi connectivity index (χ3v) is 3.86. The van der Waals surface area contributed by atoms with E-state index in [0.29, 0.717) is 0 Å². The number of rotatable bonds is 1. The van der Waals surface area contributed by atoms with Crippen LogP contribution >= 0.6 is 11.6 Å². The maximum atomic E-state index is 6.12. The van der Waals surface area contributed by atoms with Crippen LogP contribution in [0.4, 0.5) is 5.69 Å². The minimum absolute atomic E-state index is 0.784. The highest BCUT2D eigenvalue weighted by molar-refractivity contribution is 6.31. The summed E-state index contributed by atoms with van der Waals surface area (Å²) in [5, 5.41) is 1.96. The first kappa shape index (κ1) is 11.8. The van der Waals surface area contributed by atoms with Crippen LogP contribution in [0.5, 0.6) is 0 Å². The molecule has 1 aromatic carbocycles. The summed E-state index contributed by atoms with van der Waals surface area (Å²) in [7, 11) is 0. The van der Waals surface area contributed by atoms with Crippen LogP contribution in [0.3, 0.4) is 0 Å². The van der Waals surface area contributed by atoms with Crippen molar-refractivity contribution in [2.45, 2.75) is 25.7 Å². The SMILES string of the molecule is Clc1ccc2nccc(N3CCCCCC3)c2c1. The Morgan fingerprint density at radius 2 is 1.78 bits per heavy atom. The molecule has 3 heteroatoms. The minimum Gasteiger partial charge on any atom is -0.371 e. The van der Waals surface area contributed by atoms with Crippen LogP contribution in [0.25, 0.3) is 10.9 Å². The summed E-state index contributed by atoms with van der Waals surface area (Å²) in [6.07, 6.45) is 7.16. The van der Waals surface area contributed by atoms with E-state index < -0.39 is 0 Å². The highest BCUT2D eigenvalue weighted by atomic mass is 35.5. The van der Waals surface area contributed by atoms with Gasteiger partial charge in [0, 0.05) is 35.4 Å². The van der Waals surface area contributed by atoms with E-state index in [-0.39, 0.29) is 0 Å². The third kappa shape index (κ3) is 2.30. The molecule has 1 aliphatic heterocycles. The van der Waals surface area contributed by atoms with Crippen molar-refractivity contribution in [3.8, 4) is 0 Å². The van der Waals surface area contributed by atoms with Crippen molar-refractivity contribution in [2.75, 3.05) is 18.0 Å². The second-order valence-corrected chi connectivity index (χ2v) is 5.33. The second kappa shape index (κ2) is 5.15. The van der Waals surface area contributed by atoms with E-state index in [2.05, 4.69) is 16.0 Å². The van der Waals surface area contributed by atoms with Gasteiger partial charge in [0.15, 0.2) is 0 Å². The molecule has 1 aliphatic rings. The van der Waals surface area contributed by atoms with Crippen LogP contribution in [0.2, 0.25) is 5.02 Å². The van der Waals surface area contributed by atoms with E-state index in [9.17, 15) is 0 Å². The molecule has 0 saturated carbocycles. The summed E-state index contributed by atoms with van der Waals surface area (Å²) in [5.41, 5.74) is 2.31. The van der Waals surface area contributed by atoms with Crippen LogP contribution in [0, 0.1) is 0 Å². The zero-order valence-corrected chi connectivity index (χ0v) is 11.2. The van der Waals surface area contributed by atoms with Crippen LogP contribution in [0.1, 0.15) is 25.7 Å². The smallest absolute Gasteiger partial charge is 0.0723 e. The lowest BCUT2D eigenvalue weighted by atomic mass is 10.1. The zero-order valence-electron chi connectivity index (χ0n) is 10.4. The van der Waals surface area contributed by atoms with Crippen LogP contribution in [-0.2, 0) is 0 Å². The molecule has 1 saturated heterocycles. The van der Waals surface area contributed by atoms with E-state index in [1.165, 1.54) is 36.8 Å². The average Bonchev–Trinajstić information content (AvgIpc) is 2.67. The molecule has 0 spiro atoms. The summed E-state index contributed by atoms with van der Waals surface area (Å²) >= 11 is 6.12. The van der Waals surface area contributed by atoms with Crippen molar-refractivity contribution >= 4 is 28.2 Å². The van der Waals surface area contributed by atoms with Gasteiger partial charge in [-0.1, -0.05) is 24.4 Å².